The summed E-state index contributed by atoms with van der Waals surface area (Å²) in [6.45, 7) is 5.51. The van der Waals surface area contributed by atoms with Crippen molar-refractivity contribution in [1.82, 2.24) is 15.1 Å². The summed E-state index contributed by atoms with van der Waals surface area (Å²) in [6, 6.07) is 1.98. The lowest BCUT2D eigenvalue weighted by Gasteiger charge is -2.13. The van der Waals surface area contributed by atoms with Gasteiger partial charge in [-0.05, 0) is 32.8 Å². The van der Waals surface area contributed by atoms with Gasteiger partial charge in [-0.25, -0.2) is 0 Å². The number of nitrogens with zero attached hydrogens (tertiary/aromatic N) is 2. The second kappa shape index (κ2) is 4.96. The number of alkyl halides is 2. The summed E-state index contributed by atoms with van der Waals surface area (Å²) < 4.78 is 1.74. The van der Waals surface area contributed by atoms with Gasteiger partial charge in [0, 0.05) is 25.0 Å². The van der Waals surface area contributed by atoms with Crippen LogP contribution in [0.25, 0.3) is 0 Å². The molecule has 1 saturated carbocycles. The first kappa shape index (κ1) is 14.1. The van der Waals surface area contributed by atoms with E-state index in [0.29, 0.717) is 6.54 Å². The second-order valence-electron chi connectivity index (χ2n) is 5.02. The molecule has 1 heterocycles. The number of carbonyl (C=O) groups is 1. The van der Waals surface area contributed by atoms with Gasteiger partial charge in [-0.15, -0.1) is 0 Å². The molecular weight excluding hydrogens is 362 g/mol. The standard InChI is InChI=1S/C12H17Br2N3O/c1-9-4-6-16-17(9)7-3-5-15-10(18)11(2)8-12(11,13)14/h4,6H,3,5,7-8H2,1-2H3,(H,15,18)/t11-/m1/s1. The predicted octanol–water partition coefficient (Wildman–Crippen LogP) is 2.59. The van der Waals surface area contributed by atoms with E-state index in [9.17, 15) is 4.79 Å². The third kappa shape index (κ3) is 2.64. The highest BCUT2D eigenvalue weighted by Gasteiger charge is 2.66. The normalized spacial score (nSPS) is 24.9. The van der Waals surface area contributed by atoms with E-state index in [1.807, 2.05) is 24.6 Å². The minimum absolute atomic E-state index is 0.105. The van der Waals surface area contributed by atoms with Crippen LogP contribution in [-0.2, 0) is 11.3 Å². The highest BCUT2D eigenvalue weighted by atomic mass is 79.9. The summed E-state index contributed by atoms with van der Waals surface area (Å²) in [5.74, 6) is 0.105. The Labute approximate surface area is 124 Å². The molecule has 4 nitrogen and oxygen atoms in total. The van der Waals surface area contributed by atoms with Crippen LogP contribution in [-0.4, -0.2) is 25.5 Å². The molecule has 0 unspecified atom stereocenters. The molecular formula is C12H17Br2N3O. The number of nitrogens with one attached hydrogen (secondary N) is 1. The zero-order chi connectivity index (χ0) is 13.4. The van der Waals surface area contributed by atoms with E-state index in [1.54, 1.807) is 6.20 Å². The quantitative estimate of drug-likeness (QED) is 0.632. The first-order chi connectivity index (χ1) is 8.37. The van der Waals surface area contributed by atoms with Gasteiger partial charge in [0.2, 0.25) is 5.91 Å². The van der Waals surface area contributed by atoms with Crippen molar-refractivity contribution in [2.75, 3.05) is 6.54 Å². The fourth-order valence-corrected chi connectivity index (χ4v) is 3.39. The van der Waals surface area contributed by atoms with Gasteiger partial charge in [-0.1, -0.05) is 31.9 Å². The molecule has 1 aromatic rings. The van der Waals surface area contributed by atoms with Crippen molar-refractivity contribution in [3.05, 3.63) is 18.0 Å². The van der Waals surface area contributed by atoms with Gasteiger partial charge in [-0.2, -0.15) is 5.10 Å². The molecule has 18 heavy (non-hydrogen) atoms. The predicted molar refractivity (Wildman–Crippen MR) is 77.9 cm³/mol. The van der Waals surface area contributed by atoms with Gasteiger partial charge >= 0.3 is 0 Å². The van der Waals surface area contributed by atoms with Crippen molar-refractivity contribution in [2.45, 2.75) is 36.5 Å². The van der Waals surface area contributed by atoms with Gasteiger partial charge in [0.15, 0.2) is 0 Å². The minimum atomic E-state index is -0.325. The van der Waals surface area contributed by atoms with Gasteiger partial charge in [-0.3, -0.25) is 9.48 Å². The lowest BCUT2D eigenvalue weighted by molar-refractivity contribution is -0.125. The number of halogens is 2. The first-order valence-electron chi connectivity index (χ1n) is 6.01. The molecule has 1 fully saturated rings. The van der Waals surface area contributed by atoms with Crippen LogP contribution < -0.4 is 5.32 Å². The number of aryl methyl sites for hydroxylation is 2. The van der Waals surface area contributed by atoms with Crippen molar-refractivity contribution in [3.63, 3.8) is 0 Å². The van der Waals surface area contributed by atoms with Crippen molar-refractivity contribution in [3.8, 4) is 0 Å². The highest BCUT2D eigenvalue weighted by molar-refractivity contribution is 9.25. The van der Waals surface area contributed by atoms with E-state index < -0.39 is 0 Å². The molecule has 100 valence electrons. The number of hydrogen-bond acceptors (Lipinski definition) is 2. The summed E-state index contributed by atoms with van der Waals surface area (Å²) in [6.07, 6.45) is 3.51. The fourth-order valence-electron chi connectivity index (χ4n) is 1.90. The van der Waals surface area contributed by atoms with Crippen LogP contribution in [0.15, 0.2) is 12.3 Å². The lowest BCUT2D eigenvalue weighted by atomic mass is 10.1. The monoisotopic (exact) mass is 377 g/mol. The molecule has 1 amide bonds. The Morgan fingerprint density at radius 3 is 2.78 bits per heavy atom. The van der Waals surface area contributed by atoms with E-state index in [-0.39, 0.29) is 14.6 Å². The van der Waals surface area contributed by atoms with Crippen LogP contribution in [0.4, 0.5) is 0 Å². The zero-order valence-corrected chi connectivity index (χ0v) is 13.7. The van der Waals surface area contributed by atoms with Crippen LogP contribution >= 0.6 is 31.9 Å². The largest absolute Gasteiger partial charge is 0.355 e. The maximum Gasteiger partial charge on any atom is 0.228 e. The van der Waals surface area contributed by atoms with Gasteiger partial charge < -0.3 is 5.32 Å². The van der Waals surface area contributed by atoms with Crippen LogP contribution in [0.1, 0.15) is 25.5 Å². The third-order valence-corrected chi connectivity index (χ3v) is 5.83. The highest BCUT2D eigenvalue weighted by Crippen LogP contribution is 2.66. The second-order valence-corrected chi connectivity index (χ2v) is 8.79. The Balaban J connectivity index is 1.71. The Kier molecular flexibility index (Phi) is 3.88. The average molecular weight is 379 g/mol. The Hall–Kier alpha value is -0.360. The maximum absolute atomic E-state index is 12.0. The van der Waals surface area contributed by atoms with Crippen molar-refractivity contribution >= 4 is 37.8 Å². The summed E-state index contributed by atoms with van der Waals surface area (Å²) in [5, 5.41) is 7.19. The number of carbonyl (C=O) groups excluding carboxylic acids is 1. The molecule has 1 aromatic heterocycles. The van der Waals surface area contributed by atoms with Crippen LogP contribution in [0.3, 0.4) is 0 Å². The molecule has 0 spiro atoms. The Morgan fingerprint density at radius 1 is 1.61 bits per heavy atom. The van der Waals surface area contributed by atoms with E-state index in [1.165, 1.54) is 0 Å². The molecule has 0 bridgehead atoms. The van der Waals surface area contributed by atoms with E-state index in [2.05, 4.69) is 42.3 Å². The van der Waals surface area contributed by atoms with Crippen molar-refractivity contribution in [1.29, 1.82) is 0 Å². The number of amides is 1. The molecule has 0 radical (unpaired) electrons. The summed E-state index contributed by atoms with van der Waals surface area (Å²) in [7, 11) is 0. The van der Waals surface area contributed by atoms with E-state index in [0.717, 1.165) is 25.1 Å². The summed E-state index contributed by atoms with van der Waals surface area (Å²) in [5.41, 5.74) is 0.824. The minimum Gasteiger partial charge on any atom is -0.355 e. The SMILES string of the molecule is Cc1ccnn1CCCNC(=O)[C@@]1(C)CC1(Br)Br. The Bertz CT molecular complexity index is 458. The van der Waals surface area contributed by atoms with Crippen LogP contribution in [0, 0.1) is 12.3 Å². The van der Waals surface area contributed by atoms with Crippen molar-refractivity contribution in [2.24, 2.45) is 5.41 Å². The Morgan fingerprint density at radius 2 is 2.28 bits per heavy atom. The van der Waals surface area contributed by atoms with E-state index in [4.69, 9.17) is 0 Å². The number of rotatable bonds is 5. The molecule has 0 aliphatic heterocycles. The maximum atomic E-state index is 12.0. The van der Waals surface area contributed by atoms with Gasteiger partial charge in [0.1, 0.15) is 0 Å². The smallest absolute Gasteiger partial charge is 0.228 e. The van der Waals surface area contributed by atoms with Crippen LogP contribution in [0.5, 0.6) is 0 Å². The molecule has 2 rings (SSSR count). The van der Waals surface area contributed by atoms with Crippen molar-refractivity contribution < 1.29 is 4.79 Å². The lowest BCUT2D eigenvalue weighted by Crippen LogP contribution is -2.34. The summed E-state index contributed by atoms with van der Waals surface area (Å²) in [4.78, 5) is 12.0. The first-order valence-corrected chi connectivity index (χ1v) is 7.60. The zero-order valence-electron chi connectivity index (χ0n) is 10.5. The van der Waals surface area contributed by atoms with Gasteiger partial charge in [0.25, 0.3) is 0 Å². The average Bonchev–Trinajstić information content (AvgIpc) is 2.63. The summed E-state index contributed by atoms with van der Waals surface area (Å²) >= 11 is 7.00. The molecule has 1 atom stereocenters. The van der Waals surface area contributed by atoms with Gasteiger partial charge in [0.05, 0.1) is 8.65 Å². The van der Waals surface area contributed by atoms with Crippen LogP contribution in [0.2, 0.25) is 0 Å². The topological polar surface area (TPSA) is 46.9 Å². The fraction of sp³-hybridized carbons (Fsp3) is 0.667. The number of aromatic nitrogens is 2. The molecule has 6 heteroatoms. The molecule has 1 aliphatic carbocycles. The third-order valence-electron chi connectivity index (χ3n) is 3.52. The molecule has 1 N–H and O–H groups in total. The molecule has 1 aliphatic rings. The van der Waals surface area contributed by atoms with E-state index >= 15 is 0 Å². The number of hydrogen-bond donors (Lipinski definition) is 1. The molecule has 0 aromatic carbocycles. The molecule has 0 saturated heterocycles.